The zero-order chi connectivity index (χ0) is 26.7. The molecule has 2 saturated heterocycles. The minimum atomic E-state index is -3.25. The number of nitrogens with one attached hydrogen (secondary N) is 1. The number of nitrogens with zero attached hydrogens (tertiary/aromatic N) is 3. The van der Waals surface area contributed by atoms with E-state index in [-0.39, 0.29) is 29.3 Å². The van der Waals surface area contributed by atoms with Gasteiger partial charge < -0.3 is 21.1 Å². The Hall–Kier alpha value is -2.54. The van der Waals surface area contributed by atoms with Gasteiger partial charge in [-0.1, -0.05) is 0 Å². The first-order valence-electron chi connectivity index (χ1n) is 12.9. The van der Waals surface area contributed by atoms with Crippen LogP contribution in [0.3, 0.4) is 0 Å². The molecule has 1 aliphatic carbocycles. The van der Waals surface area contributed by atoms with E-state index >= 15 is 0 Å². The third-order valence-corrected chi connectivity index (χ3v) is 9.36. The number of rotatable bonds is 7. The van der Waals surface area contributed by atoms with Gasteiger partial charge in [-0.25, -0.2) is 13.2 Å². The Morgan fingerprint density at radius 3 is 2.19 bits per heavy atom. The smallest absolute Gasteiger partial charge is 0.335 e. The van der Waals surface area contributed by atoms with Crippen molar-refractivity contribution in [2.24, 2.45) is 17.6 Å². The second kappa shape index (κ2) is 11.5. The van der Waals surface area contributed by atoms with Gasteiger partial charge in [0.1, 0.15) is 6.04 Å². The number of carbonyl (C=O) groups excluding carboxylic acids is 2. The predicted octanol–water partition coefficient (Wildman–Crippen LogP) is 0.635. The van der Waals surface area contributed by atoms with Gasteiger partial charge in [0.25, 0.3) is 0 Å². The van der Waals surface area contributed by atoms with Gasteiger partial charge in [-0.05, 0) is 68.8 Å². The number of hydrogen-bond donors (Lipinski definition) is 3. The van der Waals surface area contributed by atoms with Gasteiger partial charge in [0.2, 0.25) is 21.8 Å². The first kappa shape index (κ1) is 27.5. The molecule has 0 aromatic heterocycles. The molecule has 2 amide bonds. The summed E-state index contributed by atoms with van der Waals surface area (Å²) < 4.78 is 25.3. The Morgan fingerprint density at radius 1 is 1.03 bits per heavy atom. The Kier molecular flexibility index (Phi) is 8.52. The van der Waals surface area contributed by atoms with E-state index in [0.717, 1.165) is 25.7 Å². The normalized spacial score (nSPS) is 27.7. The molecule has 1 aromatic carbocycles. The summed E-state index contributed by atoms with van der Waals surface area (Å²) in [6.07, 6.45) is 5.01. The molecule has 3 aliphatic rings. The van der Waals surface area contributed by atoms with E-state index in [4.69, 9.17) is 10.8 Å². The molecule has 3 fully saturated rings. The Balaban J connectivity index is 1.47. The number of likely N-dealkylation sites (tertiary alicyclic amines) is 1. The highest BCUT2D eigenvalue weighted by Crippen LogP contribution is 2.33. The number of piperazine rings is 1. The van der Waals surface area contributed by atoms with Crippen LogP contribution < -0.4 is 11.1 Å². The van der Waals surface area contributed by atoms with Crippen molar-refractivity contribution in [1.29, 1.82) is 0 Å². The second-order valence-electron chi connectivity index (χ2n) is 10.4. The molecular weight excluding hydrogens is 498 g/mol. The molecule has 0 bridgehead atoms. The quantitative estimate of drug-likeness (QED) is 0.460. The van der Waals surface area contributed by atoms with Crippen LogP contribution in [-0.4, -0.2) is 103 Å². The average molecular weight is 536 g/mol. The number of amides is 2. The molecule has 2 atom stereocenters. The highest BCUT2D eigenvalue weighted by atomic mass is 32.2. The number of carboxylic acids is 1. The molecule has 4 N–H and O–H groups in total. The van der Waals surface area contributed by atoms with E-state index in [1.54, 1.807) is 17.0 Å². The summed E-state index contributed by atoms with van der Waals surface area (Å²) >= 11 is 0. The van der Waals surface area contributed by atoms with Gasteiger partial charge in [-0.3, -0.25) is 14.5 Å². The van der Waals surface area contributed by atoms with E-state index in [0.29, 0.717) is 57.3 Å². The van der Waals surface area contributed by atoms with Crippen LogP contribution in [0.25, 0.3) is 0 Å². The fourth-order valence-electron chi connectivity index (χ4n) is 5.77. The number of aromatic carboxylic acids is 1. The summed E-state index contributed by atoms with van der Waals surface area (Å²) in [7, 11) is -3.25. The maximum atomic E-state index is 13.6. The van der Waals surface area contributed by atoms with E-state index in [1.165, 1.54) is 22.7 Å². The largest absolute Gasteiger partial charge is 0.478 e. The molecule has 12 heteroatoms. The van der Waals surface area contributed by atoms with Gasteiger partial charge in [0, 0.05) is 50.4 Å². The summed E-state index contributed by atoms with van der Waals surface area (Å²) in [5.74, 6) is -1.05. The summed E-state index contributed by atoms with van der Waals surface area (Å²) in [4.78, 5) is 42.1. The maximum absolute atomic E-state index is 13.6. The summed E-state index contributed by atoms with van der Waals surface area (Å²) in [5, 5.41) is 12.0. The number of carboxylic acid groups (broad SMARTS) is 1. The molecular formula is C25H37N5O6S. The monoisotopic (exact) mass is 535 g/mol. The van der Waals surface area contributed by atoms with Crippen molar-refractivity contribution in [2.45, 2.75) is 44.2 Å². The molecule has 37 heavy (non-hydrogen) atoms. The number of anilines is 1. The van der Waals surface area contributed by atoms with Crippen molar-refractivity contribution in [2.75, 3.05) is 50.8 Å². The number of hydrogen-bond acceptors (Lipinski definition) is 7. The van der Waals surface area contributed by atoms with Crippen LogP contribution in [0.15, 0.2) is 24.3 Å². The van der Waals surface area contributed by atoms with Crippen LogP contribution >= 0.6 is 0 Å². The topological polar surface area (TPSA) is 153 Å². The zero-order valence-electron chi connectivity index (χ0n) is 21.2. The lowest BCUT2D eigenvalue weighted by Gasteiger charge is -2.37. The molecule has 11 nitrogen and oxygen atoms in total. The minimum Gasteiger partial charge on any atom is -0.478 e. The fourth-order valence-corrected chi connectivity index (χ4v) is 6.60. The van der Waals surface area contributed by atoms with Crippen LogP contribution in [0.1, 0.15) is 42.5 Å². The molecule has 2 aliphatic heterocycles. The molecule has 1 aromatic rings. The zero-order valence-corrected chi connectivity index (χ0v) is 22.0. The second-order valence-corrected chi connectivity index (χ2v) is 12.4. The van der Waals surface area contributed by atoms with Crippen molar-refractivity contribution in [3.8, 4) is 0 Å². The molecule has 0 radical (unpaired) electrons. The summed E-state index contributed by atoms with van der Waals surface area (Å²) in [6, 6.07) is 5.23. The summed E-state index contributed by atoms with van der Waals surface area (Å²) in [6.45, 7) is 2.92. The van der Waals surface area contributed by atoms with Gasteiger partial charge >= 0.3 is 5.97 Å². The third-order valence-electron chi connectivity index (χ3n) is 8.05. The number of carbonyl (C=O) groups is 3. The van der Waals surface area contributed by atoms with Crippen LogP contribution in [-0.2, 0) is 19.6 Å². The highest BCUT2D eigenvalue weighted by Gasteiger charge is 2.44. The van der Waals surface area contributed by atoms with Crippen LogP contribution in [0.5, 0.6) is 0 Å². The number of sulfonamides is 1. The first-order chi connectivity index (χ1) is 17.6. The SMILES string of the molecule is CS(=O)(=O)N1CCN(C2CC(C(=O)Nc3ccc(C(=O)O)cc3)N(C(=O)C3CCC(CN)CC3)C2)CC1. The summed E-state index contributed by atoms with van der Waals surface area (Å²) in [5.41, 5.74) is 6.41. The number of nitrogens with two attached hydrogens (primary N) is 1. The van der Waals surface area contributed by atoms with Crippen LogP contribution in [0.4, 0.5) is 5.69 Å². The standard InChI is InChI=1S/C25H37N5O6S/c1-37(35,36)29-12-10-28(11-13-29)21-14-22(23(31)27-20-8-6-19(7-9-20)25(33)34)30(16-21)24(32)18-4-2-17(15-26)3-5-18/h6-9,17-18,21-22H,2-5,10-16,26H2,1H3,(H,27,31)(H,33,34). The molecule has 0 spiro atoms. The maximum Gasteiger partial charge on any atom is 0.335 e. The van der Waals surface area contributed by atoms with Gasteiger partial charge in [-0.2, -0.15) is 4.31 Å². The van der Waals surface area contributed by atoms with Crippen molar-refractivity contribution < 1.29 is 27.9 Å². The van der Waals surface area contributed by atoms with Crippen LogP contribution in [0, 0.1) is 11.8 Å². The van der Waals surface area contributed by atoms with Crippen LogP contribution in [0.2, 0.25) is 0 Å². The number of benzene rings is 1. The Labute approximate surface area is 218 Å². The van der Waals surface area contributed by atoms with E-state index in [9.17, 15) is 22.8 Å². The Bertz CT molecular complexity index is 1100. The predicted molar refractivity (Wildman–Crippen MR) is 138 cm³/mol. The van der Waals surface area contributed by atoms with Gasteiger partial charge in [-0.15, -0.1) is 0 Å². The highest BCUT2D eigenvalue weighted by molar-refractivity contribution is 7.88. The van der Waals surface area contributed by atoms with Gasteiger partial charge in [0.05, 0.1) is 11.8 Å². The minimum absolute atomic E-state index is 0.00545. The fraction of sp³-hybridized carbons (Fsp3) is 0.640. The van der Waals surface area contributed by atoms with Crippen molar-refractivity contribution in [1.82, 2.24) is 14.1 Å². The van der Waals surface area contributed by atoms with Crippen molar-refractivity contribution in [3.05, 3.63) is 29.8 Å². The third kappa shape index (κ3) is 6.49. The van der Waals surface area contributed by atoms with Gasteiger partial charge in [0.15, 0.2) is 0 Å². The van der Waals surface area contributed by atoms with E-state index in [1.807, 2.05) is 0 Å². The molecule has 2 unspecified atom stereocenters. The molecule has 1 saturated carbocycles. The van der Waals surface area contributed by atoms with Crippen molar-refractivity contribution in [3.63, 3.8) is 0 Å². The lowest BCUT2D eigenvalue weighted by molar-refractivity contribution is -0.141. The van der Waals surface area contributed by atoms with Crippen molar-refractivity contribution >= 4 is 33.5 Å². The Morgan fingerprint density at radius 2 is 1.65 bits per heavy atom. The molecule has 2 heterocycles. The average Bonchev–Trinajstić information content (AvgIpc) is 3.34. The lowest BCUT2D eigenvalue weighted by Crippen LogP contribution is -2.52. The molecule has 4 rings (SSSR count). The lowest BCUT2D eigenvalue weighted by atomic mass is 9.81. The van der Waals surface area contributed by atoms with E-state index in [2.05, 4.69) is 10.2 Å². The first-order valence-corrected chi connectivity index (χ1v) is 14.8. The van der Waals surface area contributed by atoms with E-state index < -0.39 is 22.0 Å². The molecule has 204 valence electrons.